The highest BCUT2D eigenvalue weighted by Gasteiger charge is 2.14. The van der Waals surface area contributed by atoms with Gasteiger partial charge >= 0.3 is 0 Å². The van der Waals surface area contributed by atoms with E-state index in [0.717, 1.165) is 55.3 Å². The summed E-state index contributed by atoms with van der Waals surface area (Å²) in [6, 6.07) is 10.7. The highest BCUT2D eigenvalue weighted by Crippen LogP contribution is 2.25. The van der Waals surface area contributed by atoms with Crippen LogP contribution >= 0.6 is 11.3 Å². The number of morpholine rings is 1. The minimum atomic E-state index is 0.809. The summed E-state index contributed by atoms with van der Waals surface area (Å²) < 4.78 is 5.47. The molecule has 0 bridgehead atoms. The van der Waals surface area contributed by atoms with Gasteiger partial charge in [-0.15, -0.1) is 11.3 Å². The monoisotopic (exact) mass is 340 g/mol. The molecule has 1 fully saturated rings. The molecule has 2 aromatic heterocycles. The average molecular weight is 340 g/mol. The van der Waals surface area contributed by atoms with Gasteiger partial charge in [-0.05, 0) is 29.5 Å². The first kappa shape index (κ1) is 15.4. The van der Waals surface area contributed by atoms with Crippen LogP contribution in [0.3, 0.4) is 0 Å². The molecule has 5 nitrogen and oxygen atoms in total. The minimum absolute atomic E-state index is 0.809. The fourth-order valence-corrected chi connectivity index (χ4v) is 3.81. The zero-order valence-corrected chi connectivity index (χ0v) is 14.3. The van der Waals surface area contributed by atoms with Gasteiger partial charge in [0.05, 0.1) is 18.6 Å². The Balaban J connectivity index is 1.45. The average Bonchev–Trinajstić information content (AvgIpc) is 3.12. The van der Waals surface area contributed by atoms with E-state index in [9.17, 15) is 0 Å². The first-order chi connectivity index (χ1) is 11.9. The molecule has 1 N–H and O–H groups in total. The Bertz CT molecular complexity index is 813. The van der Waals surface area contributed by atoms with Crippen LogP contribution in [0, 0.1) is 0 Å². The number of anilines is 2. The van der Waals surface area contributed by atoms with Crippen LogP contribution in [-0.2, 0) is 11.2 Å². The Morgan fingerprint density at radius 3 is 2.92 bits per heavy atom. The van der Waals surface area contributed by atoms with Gasteiger partial charge in [0, 0.05) is 25.3 Å². The maximum absolute atomic E-state index is 5.47. The fourth-order valence-electron chi connectivity index (χ4n) is 3.08. The van der Waals surface area contributed by atoms with E-state index in [-0.39, 0.29) is 0 Å². The number of hydrogen-bond donors (Lipinski definition) is 1. The van der Waals surface area contributed by atoms with Crippen molar-refractivity contribution in [2.45, 2.75) is 6.42 Å². The Morgan fingerprint density at radius 2 is 2.00 bits per heavy atom. The van der Waals surface area contributed by atoms with Crippen molar-refractivity contribution >= 4 is 33.1 Å². The molecule has 3 heterocycles. The van der Waals surface area contributed by atoms with Crippen LogP contribution in [-0.4, -0.2) is 42.8 Å². The standard InChI is InChI=1S/C18H20N4OS/c1-2-4-16(22-8-10-23-11-9-22)14(3-1)5-7-19-17-15-6-12-24-18(15)21-13-20-17/h1-4,6,12-13H,5,7-11H2,(H,19,20,21). The molecule has 4 rings (SSSR count). The number of aromatic nitrogens is 2. The van der Waals surface area contributed by atoms with Gasteiger partial charge in [0.15, 0.2) is 0 Å². The second-order valence-electron chi connectivity index (χ2n) is 5.77. The molecule has 0 spiro atoms. The lowest BCUT2D eigenvalue weighted by Crippen LogP contribution is -2.36. The summed E-state index contributed by atoms with van der Waals surface area (Å²) in [5, 5.41) is 6.62. The predicted octanol–water partition coefficient (Wildman–Crippen LogP) is 3.18. The van der Waals surface area contributed by atoms with E-state index in [2.05, 4.69) is 55.9 Å². The van der Waals surface area contributed by atoms with Crippen LogP contribution in [0.2, 0.25) is 0 Å². The fraction of sp³-hybridized carbons (Fsp3) is 0.333. The van der Waals surface area contributed by atoms with E-state index in [1.807, 2.05) is 0 Å². The summed E-state index contributed by atoms with van der Waals surface area (Å²) >= 11 is 1.64. The molecule has 0 amide bonds. The lowest BCUT2D eigenvalue weighted by Gasteiger charge is -2.30. The van der Waals surface area contributed by atoms with Gasteiger partial charge in [-0.1, -0.05) is 18.2 Å². The molecule has 124 valence electrons. The van der Waals surface area contributed by atoms with Gasteiger partial charge in [-0.25, -0.2) is 9.97 Å². The third-order valence-electron chi connectivity index (χ3n) is 4.29. The van der Waals surface area contributed by atoms with Gasteiger partial charge in [0.1, 0.15) is 17.0 Å². The van der Waals surface area contributed by atoms with Crippen LogP contribution < -0.4 is 10.2 Å². The van der Waals surface area contributed by atoms with Crippen LogP contribution in [0.1, 0.15) is 5.56 Å². The van der Waals surface area contributed by atoms with Crippen molar-refractivity contribution in [1.82, 2.24) is 9.97 Å². The van der Waals surface area contributed by atoms with E-state index in [0.29, 0.717) is 0 Å². The van der Waals surface area contributed by atoms with E-state index in [1.54, 1.807) is 17.7 Å². The van der Waals surface area contributed by atoms with E-state index in [1.165, 1.54) is 11.3 Å². The molecule has 0 unspecified atom stereocenters. The van der Waals surface area contributed by atoms with Gasteiger partial charge in [-0.2, -0.15) is 0 Å². The Labute approximate surface area is 145 Å². The zero-order valence-electron chi connectivity index (χ0n) is 13.4. The SMILES string of the molecule is c1ccc(N2CCOCC2)c(CCNc2ncnc3sccc23)c1. The van der Waals surface area contributed by atoms with Crippen molar-refractivity contribution < 1.29 is 4.74 Å². The van der Waals surface area contributed by atoms with Crippen LogP contribution in [0.25, 0.3) is 10.2 Å². The lowest BCUT2D eigenvalue weighted by atomic mass is 10.1. The number of hydrogen-bond acceptors (Lipinski definition) is 6. The second kappa shape index (κ2) is 7.15. The first-order valence-corrected chi connectivity index (χ1v) is 9.12. The van der Waals surface area contributed by atoms with Crippen molar-refractivity contribution in [2.24, 2.45) is 0 Å². The Hall–Kier alpha value is -2.18. The molecule has 0 atom stereocenters. The van der Waals surface area contributed by atoms with Crippen molar-refractivity contribution in [3.63, 3.8) is 0 Å². The normalized spacial score (nSPS) is 14.9. The number of nitrogens with one attached hydrogen (secondary N) is 1. The first-order valence-electron chi connectivity index (χ1n) is 8.24. The molecule has 3 aromatic rings. The van der Waals surface area contributed by atoms with Gasteiger partial charge in [-0.3, -0.25) is 0 Å². The Kier molecular flexibility index (Phi) is 4.57. The smallest absolute Gasteiger partial charge is 0.138 e. The van der Waals surface area contributed by atoms with Gasteiger partial charge < -0.3 is 15.0 Å². The molecule has 1 aliphatic heterocycles. The van der Waals surface area contributed by atoms with E-state index < -0.39 is 0 Å². The zero-order chi connectivity index (χ0) is 16.2. The molecule has 24 heavy (non-hydrogen) atoms. The number of nitrogens with zero attached hydrogens (tertiary/aromatic N) is 3. The van der Waals surface area contributed by atoms with Gasteiger partial charge in [0.25, 0.3) is 0 Å². The molecule has 1 aromatic carbocycles. The number of ether oxygens (including phenoxy) is 1. The highest BCUT2D eigenvalue weighted by molar-refractivity contribution is 7.16. The van der Waals surface area contributed by atoms with Crippen molar-refractivity contribution in [1.29, 1.82) is 0 Å². The maximum atomic E-state index is 5.47. The lowest BCUT2D eigenvalue weighted by molar-refractivity contribution is 0.122. The molecular formula is C18H20N4OS. The molecule has 1 aliphatic rings. The summed E-state index contributed by atoms with van der Waals surface area (Å²) in [4.78, 5) is 12.1. The molecule has 0 aliphatic carbocycles. The minimum Gasteiger partial charge on any atom is -0.378 e. The third kappa shape index (κ3) is 3.20. The molecule has 0 saturated carbocycles. The van der Waals surface area contributed by atoms with Crippen LogP contribution in [0.5, 0.6) is 0 Å². The summed E-state index contributed by atoms with van der Waals surface area (Å²) in [6.45, 7) is 4.40. The highest BCUT2D eigenvalue weighted by atomic mass is 32.1. The number of fused-ring (bicyclic) bond motifs is 1. The summed E-state index contributed by atoms with van der Waals surface area (Å²) in [7, 11) is 0. The molecule has 6 heteroatoms. The third-order valence-corrected chi connectivity index (χ3v) is 5.11. The number of thiophene rings is 1. The molecular weight excluding hydrogens is 320 g/mol. The second-order valence-corrected chi connectivity index (χ2v) is 6.66. The van der Waals surface area contributed by atoms with Crippen molar-refractivity contribution in [3.05, 3.63) is 47.6 Å². The van der Waals surface area contributed by atoms with Crippen LogP contribution in [0.15, 0.2) is 42.0 Å². The van der Waals surface area contributed by atoms with Crippen molar-refractivity contribution in [2.75, 3.05) is 43.1 Å². The number of rotatable bonds is 5. The summed E-state index contributed by atoms with van der Waals surface area (Å²) in [6.07, 6.45) is 2.59. The van der Waals surface area contributed by atoms with Gasteiger partial charge in [0.2, 0.25) is 0 Å². The molecule has 0 radical (unpaired) electrons. The van der Waals surface area contributed by atoms with E-state index >= 15 is 0 Å². The molecule has 1 saturated heterocycles. The predicted molar refractivity (Wildman–Crippen MR) is 99.1 cm³/mol. The number of para-hydroxylation sites is 1. The van der Waals surface area contributed by atoms with Crippen molar-refractivity contribution in [3.8, 4) is 0 Å². The summed E-state index contributed by atoms with van der Waals surface area (Å²) in [5.74, 6) is 0.921. The largest absolute Gasteiger partial charge is 0.378 e. The summed E-state index contributed by atoms with van der Waals surface area (Å²) in [5.41, 5.74) is 2.69. The van der Waals surface area contributed by atoms with Crippen LogP contribution in [0.4, 0.5) is 11.5 Å². The topological polar surface area (TPSA) is 50.3 Å². The van der Waals surface area contributed by atoms with E-state index in [4.69, 9.17) is 4.74 Å². The maximum Gasteiger partial charge on any atom is 0.138 e. The Morgan fingerprint density at radius 1 is 1.12 bits per heavy atom. The quantitative estimate of drug-likeness (QED) is 0.773. The number of benzene rings is 1.